The molecule has 0 aromatic carbocycles. The van der Waals surface area contributed by atoms with Crippen LogP contribution in [0.5, 0.6) is 0 Å². The van der Waals surface area contributed by atoms with Crippen molar-refractivity contribution in [3.05, 3.63) is 0 Å². The van der Waals surface area contributed by atoms with Gasteiger partial charge in [0.25, 0.3) is 0 Å². The van der Waals surface area contributed by atoms with E-state index in [0.29, 0.717) is 25.3 Å². The fraction of sp³-hybridized carbons (Fsp3) is 1.00. The van der Waals surface area contributed by atoms with Gasteiger partial charge in [-0.3, -0.25) is 4.90 Å². The second-order valence-corrected chi connectivity index (χ2v) is 8.86. The lowest BCUT2D eigenvalue weighted by Crippen LogP contribution is -2.44. The first kappa shape index (κ1) is 16.2. The maximum Gasteiger partial charge on any atom is 0.151 e. The predicted molar refractivity (Wildman–Crippen MR) is 80.5 cm³/mol. The molecule has 2 aliphatic heterocycles. The molecule has 0 aliphatic carbocycles. The lowest BCUT2D eigenvalue weighted by molar-refractivity contribution is 0.0598. The summed E-state index contributed by atoms with van der Waals surface area (Å²) >= 11 is 0. The minimum Gasteiger partial charge on any atom is -0.390 e. The molecular formula is C14H28N2O3S. The van der Waals surface area contributed by atoms with E-state index in [1.165, 1.54) is 12.8 Å². The van der Waals surface area contributed by atoms with E-state index >= 15 is 0 Å². The van der Waals surface area contributed by atoms with Crippen LogP contribution in [0.3, 0.4) is 0 Å². The zero-order valence-corrected chi connectivity index (χ0v) is 13.5. The van der Waals surface area contributed by atoms with Crippen LogP contribution in [0.25, 0.3) is 0 Å². The first-order chi connectivity index (χ1) is 9.35. The number of sulfone groups is 1. The third-order valence-electron chi connectivity index (χ3n) is 4.68. The number of likely N-dealkylation sites (N-methyl/N-ethyl adjacent to an activating group) is 1. The van der Waals surface area contributed by atoms with E-state index in [2.05, 4.69) is 11.8 Å². The Morgan fingerprint density at radius 1 is 1.30 bits per heavy atom. The van der Waals surface area contributed by atoms with Gasteiger partial charge in [0, 0.05) is 19.1 Å². The quantitative estimate of drug-likeness (QED) is 0.786. The summed E-state index contributed by atoms with van der Waals surface area (Å²) in [5.74, 6) is 1.34. The summed E-state index contributed by atoms with van der Waals surface area (Å²) < 4.78 is 23.0. The molecule has 2 fully saturated rings. The third-order valence-corrected chi connectivity index (χ3v) is 6.43. The Kier molecular flexibility index (Phi) is 5.45. The zero-order valence-electron chi connectivity index (χ0n) is 12.7. The van der Waals surface area contributed by atoms with Crippen molar-refractivity contribution < 1.29 is 13.5 Å². The Balaban J connectivity index is 1.72. The standard InChI is InChI=1S/C14H28N2O3S/c1-12-3-6-16(7-4-12)10-14(17)9-15(2)13-5-8-20(18,19)11-13/h12-14,17H,3-11H2,1-2H3. The lowest BCUT2D eigenvalue weighted by atomic mass is 9.99. The molecule has 2 unspecified atom stereocenters. The second-order valence-electron chi connectivity index (χ2n) is 6.63. The van der Waals surface area contributed by atoms with Gasteiger partial charge in [-0.05, 0) is 45.3 Å². The molecule has 5 nitrogen and oxygen atoms in total. The molecule has 6 heteroatoms. The highest BCUT2D eigenvalue weighted by molar-refractivity contribution is 7.91. The first-order valence-corrected chi connectivity index (χ1v) is 9.49. The Bertz CT molecular complexity index is 405. The van der Waals surface area contributed by atoms with Gasteiger partial charge >= 0.3 is 0 Å². The van der Waals surface area contributed by atoms with Crippen molar-refractivity contribution in [2.24, 2.45) is 5.92 Å². The molecule has 20 heavy (non-hydrogen) atoms. The van der Waals surface area contributed by atoms with E-state index in [-0.39, 0.29) is 11.8 Å². The van der Waals surface area contributed by atoms with E-state index < -0.39 is 15.9 Å². The van der Waals surface area contributed by atoms with Gasteiger partial charge in [0.05, 0.1) is 17.6 Å². The van der Waals surface area contributed by atoms with Crippen molar-refractivity contribution in [2.45, 2.75) is 38.3 Å². The molecule has 2 atom stereocenters. The highest BCUT2D eigenvalue weighted by Gasteiger charge is 2.31. The predicted octanol–water partition coefficient (Wildman–Crippen LogP) is 0.198. The van der Waals surface area contributed by atoms with Crippen LogP contribution in [0.15, 0.2) is 0 Å². The van der Waals surface area contributed by atoms with Crippen molar-refractivity contribution >= 4 is 9.84 Å². The van der Waals surface area contributed by atoms with Crippen LogP contribution in [0, 0.1) is 5.92 Å². The topological polar surface area (TPSA) is 60.9 Å². The Morgan fingerprint density at radius 2 is 1.95 bits per heavy atom. The van der Waals surface area contributed by atoms with Crippen LogP contribution in [0.2, 0.25) is 0 Å². The van der Waals surface area contributed by atoms with Gasteiger partial charge in [0.2, 0.25) is 0 Å². The molecule has 0 saturated carbocycles. The molecular weight excluding hydrogens is 276 g/mol. The van der Waals surface area contributed by atoms with Crippen molar-refractivity contribution in [3.63, 3.8) is 0 Å². The van der Waals surface area contributed by atoms with Crippen molar-refractivity contribution in [3.8, 4) is 0 Å². The molecule has 118 valence electrons. The van der Waals surface area contributed by atoms with E-state index in [4.69, 9.17) is 0 Å². The summed E-state index contributed by atoms with van der Waals surface area (Å²) in [7, 11) is -0.920. The van der Waals surface area contributed by atoms with Crippen molar-refractivity contribution in [1.82, 2.24) is 9.80 Å². The number of piperidine rings is 1. The van der Waals surface area contributed by atoms with E-state index in [0.717, 1.165) is 19.0 Å². The molecule has 1 N–H and O–H groups in total. The number of β-amino-alcohol motifs (C(OH)–C–C–N with tert-alkyl or cyclic N) is 1. The van der Waals surface area contributed by atoms with Gasteiger partial charge in [-0.25, -0.2) is 8.42 Å². The third kappa shape index (κ3) is 4.69. The number of hydrogen-bond acceptors (Lipinski definition) is 5. The number of rotatable bonds is 5. The normalized spacial score (nSPS) is 29.9. The summed E-state index contributed by atoms with van der Waals surface area (Å²) in [4.78, 5) is 4.34. The van der Waals surface area contributed by atoms with Gasteiger partial charge in [-0.15, -0.1) is 0 Å². The molecule has 0 bridgehead atoms. The van der Waals surface area contributed by atoms with Crippen LogP contribution >= 0.6 is 0 Å². The van der Waals surface area contributed by atoms with Crippen LogP contribution in [-0.2, 0) is 9.84 Å². The number of likely N-dealkylation sites (tertiary alicyclic amines) is 1. The SMILES string of the molecule is CC1CCN(CC(O)CN(C)C2CCS(=O)(=O)C2)CC1. The maximum atomic E-state index is 11.5. The largest absolute Gasteiger partial charge is 0.390 e. The van der Waals surface area contributed by atoms with Crippen LogP contribution in [0.1, 0.15) is 26.2 Å². The number of nitrogens with zero attached hydrogens (tertiary/aromatic N) is 2. The van der Waals surface area contributed by atoms with E-state index in [1.807, 2.05) is 11.9 Å². The van der Waals surface area contributed by atoms with Crippen molar-refractivity contribution in [1.29, 1.82) is 0 Å². The molecule has 2 heterocycles. The Hall–Kier alpha value is -0.170. The number of aliphatic hydroxyl groups excluding tert-OH is 1. The minimum atomic E-state index is -2.84. The molecule has 0 spiro atoms. The molecule has 2 rings (SSSR count). The fourth-order valence-corrected chi connectivity index (χ4v) is 5.01. The van der Waals surface area contributed by atoms with Crippen molar-refractivity contribution in [2.75, 3.05) is 44.7 Å². The molecule has 2 aliphatic rings. The van der Waals surface area contributed by atoms with Gasteiger partial charge in [0.1, 0.15) is 0 Å². The smallest absolute Gasteiger partial charge is 0.151 e. The molecule has 0 amide bonds. The van der Waals surface area contributed by atoms with Gasteiger partial charge in [-0.1, -0.05) is 6.92 Å². The highest BCUT2D eigenvalue weighted by Crippen LogP contribution is 2.18. The van der Waals surface area contributed by atoms with Gasteiger partial charge in [0.15, 0.2) is 9.84 Å². The van der Waals surface area contributed by atoms with Gasteiger partial charge < -0.3 is 10.0 Å². The van der Waals surface area contributed by atoms with Gasteiger partial charge in [-0.2, -0.15) is 0 Å². The highest BCUT2D eigenvalue weighted by atomic mass is 32.2. The molecule has 2 saturated heterocycles. The number of aliphatic hydroxyl groups is 1. The Morgan fingerprint density at radius 3 is 2.50 bits per heavy atom. The zero-order chi connectivity index (χ0) is 14.8. The first-order valence-electron chi connectivity index (χ1n) is 7.67. The second kappa shape index (κ2) is 6.73. The average Bonchev–Trinajstić information content (AvgIpc) is 2.73. The van der Waals surface area contributed by atoms with Crippen LogP contribution in [-0.4, -0.2) is 80.2 Å². The summed E-state index contributed by atoms with van der Waals surface area (Å²) in [6.07, 6.45) is 2.73. The lowest BCUT2D eigenvalue weighted by Gasteiger charge is -2.33. The van der Waals surface area contributed by atoms with E-state index in [1.54, 1.807) is 0 Å². The van der Waals surface area contributed by atoms with Crippen LogP contribution < -0.4 is 0 Å². The average molecular weight is 304 g/mol. The molecule has 0 aromatic heterocycles. The molecule has 0 aromatic rings. The summed E-state index contributed by atoms with van der Waals surface area (Å²) in [5.41, 5.74) is 0. The van der Waals surface area contributed by atoms with E-state index in [9.17, 15) is 13.5 Å². The minimum absolute atomic E-state index is 0.0797. The number of hydrogen-bond donors (Lipinski definition) is 1. The summed E-state index contributed by atoms with van der Waals surface area (Å²) in [6, 6.07) is 0.0797. The Labute approximate surface area is 122 Å². The molecule has 0 radical (unpaired) electrons. The summed E-state index contributed by atoms with van der Waals surface area (Å²) in [6.45, 7) is 5.68. The fourth-order valence-electron chi connectivity index (χ4n) is 3.20. The maximum absolute atomic E-state index is 11.5. The summed E-state index contributed by atoms with van der Waals surface area (Å²) in [5, 5.41) is 10.2. The monoisotopic (exact) mass is 304 g/mol. The van der Waals surface area contributed by atoms with Crippen LogP contribution in [0.4, 0.5) is 0 Å².